The van der Waals surface area contributed by atoms with E-state index in [1.54, 1.807) is 24.4 Å². The Bertz CT molecular complexity index is 706. The molecule has 0 saturated carbocycles. The van der Waals surface area contributed by atoms with Crippen molar-refractivity contribution >= 4 is 19.9 Å². The second-order valence-electron chi connectivity index (χ2n) is 5.27. The van der Waals surface area contributed by atoms with Crippen LogP contribution in [0.2, 0.25) is 0 Å². The third-order valence-corrected chi connectivity index (χ3v) is 2.90. The molecule has 0 unspecified atom stereocenters. The summed E-state index contributed by atoms with van der Waals surface area (Å²) in [7, 11) is -4.81. The van der Waals surface area contributed by atoms with Crippen LogP contribution < -0.4 is 4.70 Å². The Labute approximate surface area is 157 Å². The summed E-state index contributed by atoms with van der Waals surface area (Å²) in [5.41, 5.74) is 0.628. The molecule has 2 heterocycles. The van der Waals surface area contributed by atoms with Crippen molar-refractivity contribution in [1.82, 2.24) is 9.88 Å². The van der Waals surface area contributed by atoms with E-state index in [1.807, 2.05) is 29.6 Å². The second-order valence-corrected chi connectivity index (χ2v) is 6.55. The molecule has 7 nitrogen and oxygen atoms in total. The third kappa shape index (κ3) is 11.3. The maximum absolute atomic E-state index is 9.84. The van der Waals surface area contributed by atoms with E-state index in [9.17, 15) is 26.2 Å². The first kappa shape index (κ1) is 25.6. The molecule has 14 heteroatoms. The molecule has 0 amide bonds. The number of halogens is 6. The van der Waals surface area contributed by atoms with E-state index in [0.29, 0.717) is 24.9 Å². The zero-order valence-corrected chi connectivity index (χ0v) is 15.8. The number of oxime groups is 1. The molecule has 1 aliphatic rings. The van der Waals surface area contributed by atoms with Gasteiger partial charge in [0.1, 0.15) is 24.9 Å². The normalized spacial score (nSPS) is 15.6. The van der Waals surface area contributed by atoms with E-state index in [-0.39, 0.29) is 10.4 Å². The number of rotatable bonds is 2. The molecule has 0 atom stereocenters. The number of nitriles is 1. The summed E-state index contributed by atoms with van der Waals surface area (Å²) < 4.78 is 56.3. The Morgan fingerprint density at radius 3 is 2.25 bits per heavy atom. The van der Waals surface area contributed by atoms with Crippen molar-refractivity contribution in [1.29, 1.82) is 5.26 Å². The number of hydrogen-bond acceptors (Lipinski definition) is 5. The minimum absolute atomic E-state index is 0. The molecule has 1 aromatic rings. The Hall–Kier alpha value is -2.45. The molecule has 28 heavy (non-hydrogen) atoms. The summed E-state index contributed by atoms with van der Waals surface area (Å²) in [6.07, 6.45) is 1.61. The number of morpholine rings is 1. The van der Waals surface area contributed by atoms with Gasteiger partial charge >= 0.3 is 35.2 Å². The van der Waals surface area contributed by atoms with Crippen molar-refractivity contribution in [3.8, 4) is 6.07 Å². The molecule has 0 aliphatic carbocycles. The summed E-state index contributed by atoms with van der Waals surface area (Å²) in [6.45, 7) is 2.76. The van der Waals surface area contributed by atoms with Crippen LogP contribution in [-0.2, 0) is 9.57 Å². The first-order chi connectivity index (χ1) is 12.5. The van der Waals surface area contributed by atoms with Crippen LogP contribution in [0.3, 0.4) is 0 Å². The Morgan fingerprint density at radius 2 is 1.82 bits per heavy atom. The smallest absolute Gasteiger partial charge is 1.00 e. The third-order valence-electron chi connectivity index (χ3n) is 2.90. The number of aromatic nitrogens is 1. The standard InChI is InChI=1S/C14H18N5O2.F5P.FH/c1-18(2)14(19-7-9-20-10-8-19)21-17-13(11-15)12-5-3-4-6-16-12;1-6(2,3,4)5;/h3-6H,7-10H2,1-2H3;;1H/q+1;;/p-1/b17-13+;;. The van der Waals surface area contributed by atoms with Gasteiger partial charge in [0.25, 0.3) is 0 Å². The Kier molecular flexibility index (Phi) is 9.83. The van der Waals surface area contributed by atoms with Crippen LogP contribution in [0, 0.1) is 11.3 Å². The van der Waals surface area contributed by atoms with Gasteiger partial charge in [-0.25, -0.2) is 9.48 Å². The van der Waals surface area contributed by atoms with Gasteiger partial charge in [-0.05, 0) is 12.1 Å². The van der Waals surface area contributed by atoms with Crippen molar-refractivity contribution in [3.05, 3.63) is 30.1 Å². The summed E-state index contributed by atoms with van der Waals surface area (Å²) in [4.78, 5) is 11.6. The van der Waals surface area contributed by atoms with Crippen LogP contribution in [0.25, 0.3) is 0 Å². The van der Waals surface area contributed by atoms with Gasteiger partial charge in [-0.3, -0.25) is 9.82 Å². The van der Waals surface area contributed by atoms with Gasteiger partial charge < -0.3 is 9.44 Å². The van der Waals surface area contributed by atoms with Crippen LogP contribution in [0.5, 0.6) is 0 Å². The monoisotopic (exact) mass is 433 g/mol. The Balaban J connectivity index is 0.000000910. The van der Waals surface area contributed by atoms with Gasteiger partial charge in [0.05, 0.1) is 27.3 Å². The zero-order valence-electron chi connectivity index (χ0n) is 14.9. The van der Waals surface area contributed by atoms with Crippen molar-refractivity contribution < 1.29 is 39.8 Å². The number of nitrogens with zero attached hydrogens (tertiary/aromatic N) is 5. The van der Waals surface area contributed by atoms with Gasteiger partial charge in [0, 0.05) is 6.20 Å². The molecule has 0 spiro atoms. The minimum Gasteiger partial charge on any atom is -1.00 e. The second kappa shape index (κ2) is 10.8. The summed E-state index contributed by atoms with van der Waals surface area (Å²) in [5.74, 6) is 0. The van der Waals surface area contributed by atoms with Crippen molar-refractivity contribution in [3.63, 3.8) is 0 Å². The molecule has 0 aromatic carbocycles. The molecular weight excluding hydrogens is 415 g/mol. The van der Waals surface area contributed by atoms with E-state index in [4.69, 9.17) is 9.57 Å². The molecule has 1 saturated heterocycles. The van der Waals surface area contributed by atoms with Crippen LogP contribution in [0.4, 0.5) is 21.0 Å². The number of ether oxygens (including phenoxy) is 1. The molecule has 0 radical (unpaired) electrons. The Morgan fingerprint density at radius 1 is 1.25 bits per heavy atom. The number of amidine groups is 1. The fourth-order valence-corrected chi connectivity index (χ4v) is 1.89. The molecule has 1 fully saturated rings. The van der Waals surface area contributed by atoms with Gasteiger partial charge in [-0.1, -0.05) is 11.2 Å². The van der Waals surface area contributed by atoms with Gasteiger partial charge in [0.15, 0.2) is 0 Å². The van der Waals surface area contributed by atoms with Crippen LogP contribution >= 0.6 is 8.16 Å². The number of pyridine rings is 1. The maximum atomic E-state index is 9.84. The molecule has 1 aliphatic heterocycles. The van der Waals surface area contributed by atoms with E-state index >= 15 is 0 Å². The van der Waals surface area contributed by atoms with E-state index < -0.39 is 8.16 Å². The predicted octanol–water partition coefficient (Wildman–Crippen LogP) is 0.252. The first-order valence-electron chi connectivity index (χ1n) is 7.50. The van der Waals surface area contributed by atoms with Crippen molar-refractivity contribution in [2.45, 2.75) is 0 Å². The minimum atomic E-state index is -8.55. The van der Waals surface area contributed by atoms with Crippen molar-refractivity contribution in [2.24, 2.45) is 5.16 Å². The number of hydrogen-bond donors (Lipinski definition) is 0. The summed E-state index contributed by atoms with van der Waals surface area (Å²) >= 11 is 0. The quantitative estimate of drug-likeness (QED) is 0.167. The molecule has 158 valence electrons. The van der Waals surface area contributed by atoms with Gasteiger partial charge in [-0.2, -0.15) is 5.26 Å². The van der Waals surface area contributed by atoms with Crippen LogP contribution in [-0.4, -0.2) is 66.6 Å². The summed E-state index contributed by atoms with van der Waals surface area (Å²) in [5, 5.41) is 13.1. The van der Waals surface area contributed by atoms with E-state index in [2.05, 4.69) is 10.1 Å². The van der Waals surface area contributed by atoms with Crippen LogP contribution in [0.15, 0.2) is 29.6 Å². The first-order valence-corrected chi connectivity index (χ1v) is 9.19. The molecule has 0 N–H and O–H groups in total. The molecule has 2 rings (SSSR count). The fourth-order valence-electron chi connectivity index (χ4n) is 1.89. The largest absolute Gasteiger partial charge is 1.00 e. The maximum Gasteiger partial charge on any atom is -1.00 e. The zero-order chi connectivity index (χ0) is 20.5. The molecular formula is C14H18F6N5O2P. The van der Waals surface area contributed by atoms with Crippen LogP contribution in [0.1, 0.15) is 5.69 Å². The average molecular weight is 433 g/mol. The fraction of sp³-hybridized carbons (Fsp3) is 0.429. The van der Waals surface area contributed by atoms with E-state index in [0.717, 1.165) is 13.1 Å². The van der Waals surface area contributed by atoms with Crippen molar-refractivity contribution in [2.75, 3.05) is 40.4 Å². The topological polar surface area (TPSA) is 73.8 Å². The average Bonchev–Trinajstić information content (AvgIpc) is 2.58. The van der Waals surface area contributed by atoms with Gasteiger partial charge in [0.2, 0.25) is 5.71 Å². The summed E-state index contributed by atoms with van der Waals surface area (Å²) in [6, 6.07) is 7.89. The van der Waals surface area contributed by atoms with Gasteiger partial charge in [-0.15, -0.1) is 0 Å². The SMILES string of the molecule is C[N+](C)=C(O/N=C(\C#N)c1ccccn1)N1CCOCC1.FP(F)(F)(F)F.[F-]. The molecule has 1 aromatic heterocycles. The molecule has 0 bridgehead atoms. The predicted molar refractivity (Wildman–Crippen MR) is 89.4 cm³/mol. The van der Waals surface area contributed by atoms with E-state index in [1.165, 1.54) is 0 Å².